The third kappa shape index (κ3) is 2.72. The van der Waals surface area contributed by atoms with E-state index in [9.17, 15) is 20.0 Å². The van der Waals surface area contributed by atoms with Crippen LogP contribution in [0.3, 0.4) is 0 Å². The summed E-state index contributed by atoms with van der Waals surface area (Å²) in [5.74, 6) is -0.641. The summed E-state index contributed by atoms with van der Waals surface area (Å²) in [6.45, 7) is -0.0648. The molecule has 7 nitrogen and oxygen atoms in total. The van der Waals surface area contributed by atoms with Crippen LogP contribution < -0.4 is 10.1 Å². The number of ether oxygens (including phenoxy) is 1. The van der Waals surface area contributed by atoms with Crippen LogP contribution in [0.25, 0.3) is 0 Å². The lowest BCUT2D eigenvalue weighted by atomic mass is 9.94. The Morgan fingerprint density at radius 3 is 2.80 bits per heavy atom. The molecule has 20 heavy (non-hydrogen) atoms. The lowest BCUT2D eigenvalue weighted by Crippen LogP contribution is -2.56. The van der Waals surface area contributed by atoms with E-state index < -0.39 is 16.4 Å². The maximum atomic E-state index is 11.5. The minimum atomic E-state index is -1.13. The van der Waals surface area contributed by atoms with Gasteiger partial charge in [-0.25, -0.2) is 0 Å². The lowest BCUT2D eigenvalue weighted by molar-refractivity contribution is -0.384. The highest BCUT2D eigenvalue weighted by Crippen LogP contribution is 2.40. The molecule has 1 aliphatic rings. The van der Waals surface area contributed by atoms with E-state index in [-0.39, 0.29) is 18.2 Å². The first-order valence-corrected chi connectivity index (χ1v) is 6.29. The molecular weight excluding hydrogens is 264 g/mol. The van der Waals surface area contributed by atoms with Gasteiger partial charge in [-0.1, -0.05) is 6.07 Å². The minimum absolute atomic E-state index is 0.0312. The molecule has 1 atom stereocenters. The van der Waals surface area contributed by atoms with Crippen molar-refractivity contribution in [3.8, 4) is 5.75 Å². The van der Waals surface area contributed by atoms with Gasteiger partial charge >= 0.3 is 5.97 Å². The fourth-order valence-corrected chi connectivity index (χ4v) is 2.20. The van der Waals surface area contributed by atoms with Gasteiger partial charge in [-0.3, -0.25) is 14.9 Å². The summed E-state index contributed by atoms with van der Waals surface area (Å²) in [4.78, 5) is 21.6. The number of non-ortho nitro benzene ring substituents is 1. The van der Waals surface area contributed by atoms with Crippen molar-refractivity contribution < 1.29 is 19.6 Å². The summed E-state index contributed by atoms with van der Waals surface area (Å²) >= 11 is 0. The number of nitro groups is 1. The first-order chi connectivity index (χ1) is 9.49. The van der Waals surface area contributed by atoms with Gasteiger partial charge in [0.2, 0.25) is 0 Å². The van der Waals surface area contributed by atoms with Crippen LogP contribution in [0, 0.1) is 16.0 Å². The molecule has 1 saturated carbocycles. The SMILES string of the molecule is CNC(COc1cccc([N+](=O)[O-])c1)(C(=O)O)C1CC1. The number of nitrogens with zero attached hydrogens (tertiary/aromatic N) is 1. The molecule has 2 rings (SSSR count). The molecule has 0 heterocycles. The van der Waals surface area contributed by atoms with E-state index in [4.69, 9.17) is 4.74 Å². The molecule has 1 fully saturated rings. The number of nitro benzene ring substituents is 1. The van der Waals surface area contributed by atoms with Crippen LogP contribution in [0.5, 0.6) is 5.75 Å². The summed E-state index contributed by atoms with van der Waals surface area (Å²) in [5.41, 5.74) is -1.22. The minimum Gasteiger partial charge on any atom is -0.491 e. The largest absolute Gasteiger partial charge is 0.491 e. The normalized spacial score (nSPS) is 17.2. The molecule has 0 radical (unpaired) electrons. The summed E-state index contributed by atoms with van der Waals surface area (Å²) in [6, 6.07) is 5.72. The predicted octanol–water partition coefficient (Wildman–Crippen LogP) is 1.43. The standard InChI is InChI=1S/C13H16N2O5/c1-14-13(12(16)17,9-5-6-9)8-20-11-4-2-3-10(7-11)15(18)19/h2-4,7,9,14H,5-6,8H2,1H3,(H,16,17). The van der Waals surface area contributed by atoms with E-state index in [0.29, 0.717) is 5.75 Å². The molecule has 7 heteroatoms. The van der Waals surface area contributed by atoms with Crippen LogP contribution >= 0.6 is 0 Å². The van der Waals surface area contributed by atoms with E-state index in [2.05, 4.69) is 5.32 Å². The van der Waals surface area contributed by atoms with Crippen LogP contribution in [-0.4, -0.2) is 35.2 Å². The van der Waals surface area contributed by atoms with Crippen LogP contribution in [0.2, 0.25) is 0 Å². The number of benzene rings is 1. The average Bonchev–Trinajstić information content (AvgIpc) is 3.25. The van der Waals surface area contributed by atoms with Crippen molar-refractivity contribution >= 4 is 11.7 Å². The quantitative estimate of drug-likeness (QED) is 0.578. The van der Waals surface area contributed by atoms with Crippen LogP contribution in [0.15, 0.2) is 24.3 Å². The first-order valence-electron chi connectivity index (χ1n) is 6.29. The zero-order valence-corrected chi connectivity index (χ0v) is 11.0. The van der Waals surface area contributed by atoms with Crippen molar-refractivity contribution in [1.29, 1.82) is 0 Å². The Labute approximate surface area is 115 Å². The number of likely N-dealkylation sites (N-methyl/N-ethyl adjacent to an activating group) is 1. The number of carboxylic acids is 1. The number of hydrogen-bond donors (Lipinski definition) is 2. The number of aliphatic carboxylic acids is 1. The average molecular weight is 280 g/mol. The van der Waals surface area contributed by atoms with Crippen molar-refractivity contribution in [2.45, 2.75) is 18.4 Å². The molecule has 0 aliphatic heterocycles. The summed E-state index contributed by atoms with van der Waals surface area (Å²) < 4.78 is 5.47. The number of nitrogens with one attached hydrogen (secondary N) is 1. The molecule has 0 aromatic heterocycles. The van der Waals surface area contributed by atoms with Gasteiger partial charge in [-0.05, 0) is 31.9 Å². The Morgan fingerprint density at radius 2 is 2.30 bits per heavy atom. The molecule has 0 amide bonds. The molecule has 108 valence electrons. The van der Waals surface area contributed by atoms with Crippen molar-refractivity contribution in [2.75, 3.05) is 13.7 Å². The molecule has 0 bridgehead atoms. The Morgan fingerprint density at radius 1 is 1.60 bits per heavy atom. The van der Waals surface area contributed by atoms with E-state index in [1.807, 2.05) is 0 Å². The van der Waals surface area contributed by atoms with E-state index in [0.717, 1.165) is 12.8 Å². The second-order valence-corrected chi connectivity index (χ2v) is 4.84. The van der Waals surface area contributed by atoms with Gasteiger partial charge in [0.1, 0.15) is 12.4 Å². The molecule has 0 spiro atoms. The second kappa shape index (κ2) is 5.46. The summed E-state index contributed by atoms with van der Waals surface area (Å²) in [6.07, 6.45) is 1.68. The smallest absolute Gasteiger partial charge is 0.327 e. The fraction of sp³-hybridized carbons (Fsp3) is 0.462. The Hall–Kier alpha value is -2.15. The highest BCUT2D eigenvalue weighted by Gasteiger charge is 2.51. The van der Waals surface area contributed by atoms with Crippen molar-refractivity contribution in [2.24, 2.45) is 5.92 Å². The van der Waals surface area contributed by atoms with E-state index >= 15 is 0 Å². The third-order valence-corrected chi connectivity index (χ3v) is 3.60. The van der Waals surface area contributed by atoms with Gasteiger partial charge in [0.25, 0.3) is 5.69 Å². The van der Waals surface area contributed by atoms with E-state index in [1.54, 1.807) is 13.1 Å². The zero-order valence-electron chi connectivity index (χ0n) is 11.0. The highest BCUT2D eigenvalue weighted by molar-refractivity contribution is 5.80. The lowest BCUT2D eigenvalue weighted by Gasteiger charge is -2.28. The van der Waals surface area contributed by atoms with Crippen LogP contribution in [-0.2, 0) is 4.79 Å². The molecule has 2 N–H and O–H groups in total. The monoisotopic (exact) mass is 280 g/mol. The van der Waals surface area contributed by atoms with Gasteiger partial charge in [0, 0.05) is 6.07 Å². The van der Waals surface area contributed by atoms with Crippen molar-refractivity contribution in [3.05, 3.63) is 34.4 Å². The molecule has 1 unspecified atom stereocenters. The Balaban J connectivity index is 2.11. The van der Waals surface area contributed by atoms with E-state index in [1.165, 1.54) is 18.2 Å². The Bertz CT molecular complexity index is 529. The maximum Gasteiger partial charge on any atom is 0.327 e. The van der Waals surface area contributed by atoms with Gasteiger partial charge in [-0.2, -0.15) is 0 Å². The molecule has 0 saturated heterocycles. The molecule has 1 aromatic rings. The highest BCUT2D eigenvalue weighted by atomic mass is 16.6. The summed E-state index contributed by atoms with van der Waals surface area (Å²) in [7, 11) is 1.59. The first kappa shape index (κ1) is 14.3. The van der Waals surface area contributed by atoms with Gasteiger partial charge in [-0.15, -0.1) is 0 Å². The Kier molecular flexibility index (Phi) is 3.89. The van der Waals surface area contributed by atoms with Crippen LogP contribution in [0.4, 0.5) is 5.69 Å². The molecule has 1 aromatic carbocycles. The van der Waals surface area contributed by atoms with Gasteiger partial charge < -0.3 is 15.2 Å². The number of hydrogen-bond acceptors (Lipinski definition) is 5. The predicted molar refractivity (Wildman–Crippen MR) is 70.7 cm³/mol. The van der Waals surface area contributed by atoms with Gasteiger partial charge in [0.05, 0.1) is 11.0 Å². The van der Waals surface area contributed by atoms with Gasteiger partial charge in [0.15, 0.2) is 5.54 Å². The third-order valence-electron chi connectivity index (χ3n) is 3.60. The van der Waals surface area contributed by atoms with Crippen LogP contribution in [0.1, 0.15) is 12.8 Å². The second-order valence-electron chi connectivity index (χ2n) is 4.84. The van der Waals surface area contributed by atoms with Crippen molar-refractivity contribution in [3.63, 3.8) is 0 Å². The van der Waals surface area contributed by atoms with Crippen molar-refractivity contribution in [1.82, 2.24) is 5.32 Å². The number of rotatable bonds is 7. The topological polar surface area (TPSA) is 102 Å². The maximum absolute atomic E-state index is 11.5. The molecular formula is C13H16N2O5. The summed E-state index contributed by atoms with van der Waals surface area (Å²) in [5, 5.41) is 22.9. The number of carbonyl (C=O) groups is 1. The fourth-order valence-electron chi connectivity index (χ4n) is 2.20. The molecule has 1 aliphatic carbocycles. The number of carboxylic acid groups (broad SMARTS) is 1. The zero-order chi connectivity index (χ0) is 14.8.